The molecule has 134 valence electrons. The van der Waals surface area contributed by atoms with E-state index in [1.807, 2.05) is 30.5 Å². The molecule has 0 spiro atoms. The van der Waals surface area contributed by atoms with E-state index in [-0.39, 0.29) is 5.97 Å². The van der Waals surface area contributed by atoms with E-state index in [0.717, 1.165) is 24.8 Å². The van der Waals surface area contributed by atoms with Gasteiger partial charge >= 0.3 is 5.97 Å². The van der Waals surface area contributed by atoms with Gasteiger partial charge in [-0.2, -0.15) is 0 Å². The third kappa shape index (κ3) is 3.51. The topological polar surface area (TPSA) is 72.4 Å². The Morgan fingerprint density at radius 3 is 2.81 bits per heavy atom. The molecule has 1 aromatic heterocycles. The molecule has 0 aliphatic heterocycles. The van der Waals surface area contributed by atoms with Gasteiger partial charge in [-0.15, -0.1) is 0 Å². The van der Waals surface area contributed by atoms with Crippen LogP contribution in [-0.4, -0.2) is 21.8 Å². The Morgan fingerprint density at radius 1 is 1.12 bits per heavy atom. The fourth-order valence-electron chi connectivity index (χ4n) is 3.74. The first-order valence-corrected chi connectivity index (χ1v) is 9.37. The van der Waals surface area contributed by atoms with Crippen molar-refractivity contribution < 1.29 is 9.53 Å². The molecule has 4 N–H and O–H groups in total. The zero-order valence-corrected chi connectivity index (χ0v) is 14.9. The predicted octanol–water partition coefficient (Wildman–Crippen LogP) is 3.89. The summed E-state index contributed by atoms with van der Waals surface area (Å²) in [6, 6.07) is 13.8. The lowest BCUT2D eigenvalue weighted by Crippen LogP contribution is -2.35. The number of H-pyrrole nitrogens is 1. The summed E-state index contributed by atoms with van der Waals surface area (Å²) in [4.78, 5) is 13.5. The number of fused-ring (bicyclic) bond motifs is 2. The van der Waals surface area contributed by atoms with Crippen LogP contribution in [0.3, 0.4) is 0 Å². The van der Waals surface area contributed by atoms with E-state index in [4.69, 9.17) is 10.5 Å². The van der Waals surface area contributed by atoms with Crippen molar-refractivity contribution >= 4 is 16.9 Å². The molecule has 4 heteroatoms. The molecule has 0 saturated carbocycles. The summed E-state index contributed by atoms with van der Waals surface area (Å²) in [5.41, 5.74) is 11.2. The predicted molar refractivity (Wildman–Crippen MR) is 105 cm³/mol. The van der Waals surface area contributed by atoms with Crippen molar-refractivity contribution in [3.05, 3.63) is 65.4 Å². The molecule has 1 atom stereocenters. The molecule has 0 bridgehead atoms. The monoisotopic (exact) mass is 349 g/mol. The van der Waals surface area contributed by atoms with Gasteiger partial charge in [-0.3, -0.25) is 4.74 Å². The van der Waals surface area contributed by atoms with Crippen molar-refractivity contribution in [1.82, 2.24) is 4.98 Å². The highest BCUT2D eigenvalue weighted by molar-refractivity contribution is 5.83. The lowest BCUT2D eigenvalue weighted by molar-refractivity contribution is 0.425. The van der Waals surface area contributed by atoms with Crippen LogP contribution >= 0.6 is 0 Å². The van der Waals surface area contributed by atoms with Crippen molar-refractivity contribution in [2.75, 3.05) is 0 Å². The van der Waals surface area contributed by atoms with Crippen LogP contribution in [0.2, 0.25) is 0 Å². The van der Waals surface area contributed by atoms with E-state index in [1.165, 1.54) is 34.9 Å². The molecule has 2 aromatic carbocycles. The third-order valence-electron chi connectivity index (χ3n) is 5.26. The van der Waals surface area contributed by atoms with Crippen LogP contribution in [0, 0.1) is 0 Å². The van der Waals surface area contributed by atoms with Gasteiger partial charge in [0.05, 0.1) is 0 Å². The maximum atomic E-state index is 10.3. The molecular formula is C22H25N2O2+. The molecule has 1 aliphatic carbocycles. The first-order chi connectivity index (χ1) is 12.7. The van der Waals surface area contributed by atoms with Crippen LogP contribution in [0.25, 0.3) is 10.9 Å². The molecule has 0 fully saturated rings. The van der Waals surface area contributed by atoms with Gasteiger partial charge in [0, 0.05) is 29.2 Å². The lowest BCUT2D eigenvalue weighted by atomic mass is 9.92. The maximum absolute atomic E-state index is 10.3. The highest BCUT2D eigenvalue weighted by Crippen LogP contribution is 2.26. The van der Waals surface area contributed by atoms with Gasteiger partial charge in [0.25, 0.3) is 0 Å². The number of benzene rings is 2. The number of hydrogen-bond acceptors (Lipinski definition) is 2. The van der Waals surface area contributed by atoms with Crippen LogP contribution < -0.4 is 10.5 Å². The van der Waals surface area contributed by atoms with Crippen molar-refractivity contribution in [3.8, 4) is 5.75 Å². The van der Waals surface area contributed by atoms with Gasteiger partial charge in [0.1, 0.15) is 0 Å². The molecule has 26 heavy (non-hydrogen) atoms. The largest absolute Gasteiger partial charge is 0.506 e. The summed E-state index contributed by atoms with van der Waals surface area (Å²) in [6.45, 7) is 0. The van der Waals surface area contributed by atoms with E-state index < -0.39 is 6.04 Å². The molecule has 4 nitrogen and oxygen atoms in total. The average molecular weight is 349 g/mol. The quantitative estimate of drug-likeness (QED) is 0.417. The zero-order chi connectivity index (χ0) is 17.9. The number of hydrogen-bond donors (Lipinski definition) is 2. The second-order valence-electron chi connectivity index (χ2n) is 7.08. The summed E-state index contributed by atoms with van der Waals surface area (Å²) in [7, 11) is 0. The lowest BCUT2D eigenvalue weighted by Gasteiger charge is -2.14. The second kappa shape index (κ2) is 7.34. The molecule has 0 saturated heterocycles. The van der Waals surface area contributed by atoms with Crippen LogP contribution in [0.1, 0.15) is 36.0 Å². The summed E-state index contributed by atoms with van der Waals surface area (Å²) in [5, 5.41) is 1.20. The van der Waals surface area contributed by atoms with Crippen LogP contribution in [-0.2, 0) is 19.3 Å². The third-order valence-corrected chi connectivity index (χ3v) is 5.26. The smallest absolute Gasteiger partial charge is 0.361 e. The van der Waals surface area contributed by atoms with Gasteiger partial charge in [-0.05, 0) is 61.3 Å². The molecular weight excluding hydrogens is 324 g/mol. The number of carbonyl (C=O) groups excluding carboxylic acids is 1. The minimum absolute atomic E-state index is 0.111. The van der Waals surface area contributed by atoms with Crippen LogP contribution in [0.5, 0.6) is 5.75 Å². The highest BCUT2D eigenvalue weighted by atomic mass is 16.5. The SMILES string of the molecule is NC(CCc1c[nH]c2ccccc12)C(=[OH+])Oc1ccc2c(c1)CCCC2. The van der Waals surface area contributed by atoms with Crippen molar-refractivity contribution in [2.45, 2.75) is 44.6 Å². The van der Waals surface area contributed by atoms with Gasteiger partial charge in [-0.25, -0.2) is 0 Å². The molecule has 1 unspecified atom stereocenters. The Morgan fingerprint density at radius 2 is 1.92 bits per heavy atom. The number of nitrogens with two attached hydrogens (primary N) is 1. The normalized spacial score (nSPS) is 14.8. The molecule has 3 aromatic rings. The summed E-state index contributed by atoms with van der Waals surface area (Å²) in [5.74, 6) is 0.561. The number of esters is 1. The van der Waals surface area contributed by atoms with Crippen LogP contribution in [0.4, 0.5) is 0 Å². The Labute approximate surface area is 153 Å². The Balaban J connectivity index is 1.37. The highest BCUT2D eigenvalue weighted by Gasteiger charge is 2.25. The Kier molecular flexibility index (Phi) is 4.76. The number of nitrogens with one attached hydrogen (secondary N) is 1. The van der Waals surface area contributed by atoms with Crippen molar-refractivity contribution in [2.24, 2.45) is 5.73 Å². The van der Waals surface area contributed by atoms with E-state index in [2.05, 4.69) is 23.2 Å². The molecule has 4 rings (SSSR count). The van der Waals surface area contributed by atoms with Crippen molar-refractivity contribution in [1.29, 1.82) is 0 Å². The van der Waals surface area contributed by atoms with Crippen molar-refractivity contribution in [3.63, 3.8) is 0 Å². The Hall–Kier alpha value is -2.59. The van der Waals surface area contributed by atoms with Gasteiger partial charge < -0.3 is 15.5 Å². The fraction of sp³-hybridized carbons (Fsp3) is 0.318. The van der Waals surface area contributed by atoms with E-state index >= 15 is 0 Å². The summed E-state index contributed by atoms with van der Waals surface area (Å²) in [6.07, 6.45) is 8.11. The maximum Gasteiger partial charge on any atom is 0.506 e. The number of rotatable bonds is 5. The molecule has 1 aliphatic rings. The number of ether oxygens (including phenoxy) is 1. The number of aromatic nitrogens is 1. The van der Waals surface area contributed by atoms with Gasteiger partial charge in [-0.1, -0.05) is 24.3 Å². The fourth-order valence-corrected chi connectivity index (χ4v) is 3.74. The van der Waals surface area contributed by atoms with Crippen LogP contribution in [0.15, 0.2) is 48.7 Å². The van der Waals surface area contributed by atoms with E-state index in [9.17, 15) is 4.79 Å². The first kappa shape index (κ1) is 16.9. The first-order valence-electron chi connectivity index (χ1n) is 9.37. The average Bonchev–Trinajstić information content (AvgIpc) is 3.09. The Bertz CT molecular complexity index is 929. The second-order valence-corrected chi connectivity index (χ2v) is 7.08. The zero-order valence-electron chi connectivity index (χ0n) is 14.9. The standard InChI is InChI=1S/C22H24N2O2/c23-20(12-10-17-14-24-21-8-4-3-7-19(17)21)22(25)26-18-11-9-15-5-1-2-6-16(15)13-18/h3-4,7-9,11,13-14,20,24H,1-2,5-6,10,12,23H2/p+1. The number of para-hydroxylation sites is 1. The molecule has 0 radical (unpaired) electrons. The minimum Gasteiger partial charge on any atom is -0.361 e. The minimum atomic E-state index is -0.514. The number of aryl methyl sites for hydroxylation is 3. The van der Waals surface area contributed by atoms with Gasteiger partial charge in [0.15, 0.2) is 6.04 Å². The number of aromatic amines is 1. The van der Waals surface area contributed by atoms with E-state index in [1.54, 1.807) is 0 Å². The van der Waals surface area contributed by atoms with Gasteiger partial charge in [0.2, 0.25) is 5.75 Å². The van der Waals surface area contributed by atoms with E-state index in [0.29, 0.717) is 12.2 Å². The molecule has 1 heterocycles. The summed E-state index contributed by atoms with van der Waals surface area (Å²) >= 11 is 0. The summed E-state index contributed by atoms with van der Waals surface area (Å²) < 4.78 is 5.64. The molecule has 0 amide bonds.